The number of aliphatic hydroxyl groups is 1. The highest BCUT2D eigenvalue weighted by molar-refractivity contribution is 5.37. The van der Waals surface area contributed by atoms with Gasteiger partial charge in [-0.1, -0.05) is 24.0 Å². The second-order valence-corrected chi connectivity index (χ2v) is 4.02. The Morgan fingerprint density at radius 3 is 2.65 bits per heavy atom. The second kappa shape index (κ2) is 6.69. The van der Waals surface area contributed by atoms with Crippen molar-refractivity contribution in [2.45, 2.75) is 6.61 Å². The van der Waals surface area contributed by atoms with Crippen molar-refractivity contribution >= 4 is 0 Å². The molecule has 2 rings (SSSR count). The average Bonchev–Trinajstić information content (AvgIpc) is 2.47. The Hall–Kier alpha value is -2.38. The number of hydrogen-bond donors (Lipinski definition) is 1. The fraction of sp³-hybridized carbons (Fsp3) is 0.125. The van der Waals surface area contributed by atoms with Crippen LogP contribution in [0.4, 0.5) is 8.78 Å². The average molecular weight is 274 g/mol. The van der Waals surface area contributed by atoms with Gasteiger partial charge in [-0.25, -0.2) is 8.78 Å². The van der Waals surface area contributed by atoms with E-state index in [1.54, 1.807) is 0 Å². The molecule has 0 aliphatic carbocycles. The third kappa shape index (κ3) is 3.81. The highest BCUT2D eigenvalue weighted by Crippen LogP contribution is 2.17. The first-order valence-electron chi connectivity index (χ1n) is 5.95. The van der Waals surface area contributed by atoms with Gasteiger partial charge in [0.1, 0.15) is 19.0 Å². The Morgan fingerprint density at radius 1 is 1.05 bits per heavy atom. The predicted molar refractivity (Wildman–Crippen MR) is 71.1 cm³/mol. The minimum Gasteiger partial charge on any atom is -0.489 e. The SMILES string of the molecule is OCC#Cc1cccc(COc2ccc(F)c(F)c2)c1. The van der Waals surface area contributed by atoms with E-state index in [0.717, 1.165) is 23.3 Å². The van der Waals surface area contributed by atoms with Crippen LogP contribution in [-0.2, 0) is 6.61 Å². The van der Waals surface area contributed by atoms with Gasteiger partial charge >= 0.3 is 0 Å². The van der Waals surface area contributed by atoms with Crippen molar-refractivity contribution in [3.8, 4) is 17.6 Å². The topological polar surface area (TPSA) is 29.5 Å². The molecule has 0 aliphatic rings. The first-order chi connectivity index (χ1) is 9.69. The van der Waals surface area contributed by atoms with Gasteiger partial charge < -0.3 is 9.84 Å². The first-order valence-corrected chi connectivity index (χ1v) is 5.95. The van der Waals surface area contributed by atoms with Crippen LogP contribution < -0.4 is 4.74 Å². The van der Waals surface area contributed by atoms with Gasteiger partial charge in [-0.2, -0.15) is 0 Å². The molecule has 0 atom stereocenters. The van der Waals surface area contributed by atoms with E-state index >= 15 is 0 Å². The van der Waals surface area contributed by atoms with E-state index in [4.69, 9.17) is 9.84 Å². The van der Waals surface area contributed by atoms with Crippen molar-refractivity contribution in [1.82, 2.24) is 0 Å². The maximum atomic E-state index is 13.0. The summed E-state index contributed by atoms with van der Waals surface area (Å²) in [4.78, 5) is 0. The second-order valence-electron chi connectivity index (χ2n) is 4.02. The third-order valence-corrected chi connectivity index (χ3v) is 2.54. The molecule has 0 amide bonds. The first kappa shape index (κ1) is 14.0. The van der Waals surface area contributed by atoms with Crippen LogP contribution in [0.5, 0.6) is 5.75 Å². The van der Waals surface area contributed by atoms with E-state index < -0.39 is 11.6 Å². The molecule has 1 N–H and O–H groups in total. The van der Waals surface area contributed by atoms with Gasteiger partial charge in [-0.15, -0.1) is 0 Å². The molecule has 0 aromatic heterocycles. The Kier molecular flexibility index (Phi) is 4.70. The molecule has 2 aromatic carbocycles. The van der Waals surface area contributed by atoms with Crippen LogP contribution in [0.2, 0.25) is 0 Å². The lowest BCUT2D eigenvalue weighted by atomic mass is 10.1. The highest BCUT2D eigenvalue weighted by Gasteiger charge is 2.03. The molecule has 0 saturated carbocycles. The predicted octanol–water partition coefficient (Wildman–Crippen LogP) is 2.89. The lowest BCUT2D eigenvalue weighted by Gasteiger charge is -2.07. The largest absolute Gasteiger partial charge is 0.489 e. The van der Waals surface area contributed by atoms with Crippen LogP contribution in [0.1, 0.15) is 11.1 Å². The summed E-state index contributed by atoms with van der Waals surface area (Å²) in [5.74, 6) is 3.75. The summed E-state index contributed by atoms with van der Waals surface area (Å²) in [6.07, 6.45) is 0. The summed E-state index contributed by atoms with van der Waals surface area (Å²) in [6.45, 7) is 0.0231. The summed E-state index contributed by atoms with van der Waals surface area (Å²) < 4.78 is 31.2. The lowest BCUT2D eigenvalue weighted by molar-refractivity contribution is 0.303. The van der Waals surface area contributed by atoms with Crippen LogP contribution in [0.25, 0.3) is 0 Å². The van der Waals surface area contributed by atoms with Gasteiger partial charge in [0.25, 0.3) is 0 Å². The van der Waals surface area contributed by atoms with Crippen molar-refractivity contribution in [2.24, 2.45) is 0 Å². The molecule has 20 heavy (non-hydrogen) atoms. The molecule has 0 aliphatic heterocycles. The monoisotopic (exact) mass is 274 g/mol. The number of rotatable bonds is 3. The van der Waals surface area contributed by atoms with Gasteiger partial charge in [-0.3, -0.25) is 0 Å². The van der Waals surface area contributed by atoms with E-state index in [1.165, 1.54) is 6.07 Å². The summed E-state index contributed by atoms with van der Waals surface area (Å²) in [5, 5.41) is 8.63. The Morgan fingerprint density at radius 2 is 1.90 bits per heavy atom. The van der Waals surface area contributed by atoms with Crippen LogP contribution in [0.15, 0.2) is 42.5 Å². The van der Waals surface area contributed by atoms with Gasteiger partial charge in [0.2, 0.25) is 0 Å². The minimum absolute atomic E-state index is 0.199. The molecule has 2 nitrogen and oxygen atoms in total. The molecular weight excluding hydrogens is 262 g/mol. The maximum Gasteiger partial charge on any atom is 0.162 e. The van der Waals surface area contributed by atoms with Crippen molar-refractivity contribution in [1.29, 1.82) is 0 Å². The van der Waals surface area contributed by atoms with E-state index in [9.17, 15) is 8.78 Å². The maximum absolute atomic E-state index is 13.0. The van der Waals surface area contributed by atoms with Crippen LogP contribution in [0, 0.1) is 23.5 Å². The van der Waals surface area contributed by atoms with Gasteiger partial charge in [-0.05, 0) is 29.8 Å². The summed E-state index contributed by atoms with van der Waals surface area (Å²) >= 11 is 0. The Balaban J connectivity index is 2.05. The normalized spacial score (nSPS) is 9.75. The van der Waals surface area contributed by atoms with E-state index in [1.807, 2.05) is 24.3 Å². The molecule has 0 fully saturated rings. The molecule has 0 saturated heterocycles. The third-order valence-electron chi connectivity index (χ3n) is 2.54. The van der Waals surface area contributed by atoms with Crippen LogP contribution in [-0.4, -0.2) is 11.7 Å². The number of benzene rings is 2. The zero-order chi connectivity index (χ0) is 14.4. The molecule has 102 valence electrons. The highest BCUT2D eigenvalue weighted by atomic mass is 19.2. The zero-order valence-corrected chi connectivity index (χ0v) is 10.6. The molecule has 0 heterocycles. The molecular formula is C16H12F2O2. The number of aliphatic hydroxyl groups excluding tert-OH is 1. The number of halogens is 2. The van der Waals surface area contributed by atoms with Crippen LogP contribution in [0.3, 0.4) is 0 Å². The fourth-order valence-electron chi connectivity index (χ4n) is 1.61. The van der Waals surface area contributed by atoms with E-state index in [0.29, 0.717) is 0 Å². The van der Waals surface area contributed by atoms with Crippen molar-refractivity contribution in [3.63, 3.8) is 0 Å². The zero-order valence-electron chi connectivity index (χ0n) is 10.6. The summed E-state index contributed by atoms with van der Waals surface area (Å²) in [5.41, 5.74) is 1.60. The quantitative estimate of drug-likeness (QED) is 0.872. The number of ether oxygens (including phenoxy) is 1. The van der Waals surface area contributed by atoms with Crippen molar-refractivity contribution in [3.05, 3.63) is 65.2 Å². The van der Waals surface area contributed by atoms with Crippen molar-refractivity contribution < 1.29 is 18.6 Å². The molecule has 0 radical (unpaired) electrons. The van der Waals surface area contributed by atoms with Gasteiger partial charge in [0.05, 0.1) is 0 Å². The fourth-order valence-corrected chi connectivity index (χ4v) is 1.61. The minimum atomic E-state index is -0.940. The molecule has 4 heteroatoms. The smallest absolute Gasteiger partial charge is 0.162 e. The number of hydrogen-bond acceptors (Lipinski definition) is 2. The standard InChI is InChI=1S/C16H12F2O2/c17-15-7-6-14(10-16(15)18)20-11-13-4-1-3-12(9-13)5-2-8-19/h1,3-4,6-7,9-10,19H,8,11H2. The summed E-state index contributed by atoms with van der Waals surface area (Å²) in [7, 11) is 0. The molecule has 2 aromatic rings. The molecule has 0 bridgehead atoms. The van der Waals surface area contributed by atoms with Gasteiger partial charge in [0.15, 0.2) is 11.6 Å². The van der Waals surface area contributed by atoms with E-state index in [2.05, 4.69) is 11.8 Å². The van der Waals surface area contributed by atoms with E-state index in [-0.39, 0.29) is 19.0 Å². The Labute approximate surface area is 115 Å². The van der Waals surface area contributed by atoms with Gasteiger partial charge in [0, 0.05) is 11.6 Å². The lowest BCUT2D eigenvalue weighted by Crippen LogP contribution is -1.97. The Bertz CT molecular complexity index is 657. The van der Waals surface area contributed by atoms with Crippen molar-refractivity contribution in [2.75, 3.05) is 6.61 Å². The molecule has 0 spiro atoms. The summed E-state index contributed by atoms with van der Waals surface area (Å²) in [6, 6.07) is 10.7. The molecule has 0 unspecified atom stereocenters. The van der Waals surface area contributed by atoms with Crippen LogP contribution >= 0.6 is 0 Å².